The minimum atomic E-state index is -3.93. The standard InChI is InChI=1S/C25H26N4O3S/c30-25(14-17-28-15-4-1-5-16-28)27-22-11-7-12-23-21(22)18-26-29(23)33(31,32)24-13-6-9-19-8-2-3-10-20(19)24/h2-3,6-13,18H,1,4-5,14-17H2,(H,27,30). The van der Waals surface area contributed by atoms with E-state index in [1.54, 1.807) is 36.4 Å². The Balaban J connectivity index is 1.43. The molecule has 1 aromatic heterocycles. The number of fused-ring (bicyclic) bond motifs is 2. The second-order valence-electron chi connectivity index (χ2n) is 8.41. The quantitative estimate of drug-likeness (QED) is 0.463. The van der Waals surface area contributed by atoms with Crippen LogP contribution in [0, 0.1) is 0 Å². The summed E-state index contributed by atoms with van der Waals surface area (Å²) in [5.74, 6) is -0.0854. The summed E-state index contributed by atoms with van der Waals surface area (Å²) in [6.45, 7) is 2.82. The van der Waals surface area contributed by atoms with E-state index in [0.29, 0.717) is 28.4 Å². The Hall–Kier alpha value is -3.23. The van der Waals surface area contributed by atoms with Crippen LogP contribution in [0.4, 0.5) is 5.69 Å². The number of likely N-dealkylation sites (tertiary alicyclic amines) is 1. The molecule has 2 heterocycles. The third kappa shape index (κ3) is 4.24. The van der Waals surface area contributed by atoms with E-state index >= 15 is 0 Å². The van der Waals surface area contributed by atoms with Gasteiger partial charge in [0.2, 0.25) is 5.91 Å². The van der Waals surface area contributed by atoms with Crippen LogP contribution in [0.25, 0.3) is 21.7 Å². The van der Waals surface area contributed by atoms with Crippen molar-refractivity contribution in [3.05, 3.63) is 66.9 Å². The van der Waals surface area contributed by atoms with Crippen LogP contribution in [0.15, 0.2) is 71.8 Å². The van der Waals surface area contributed by atoms with Crippen LogP contribution in [0.2, 0.25) is 0 Å². The molecule has 3 aromatic carbocycles. The lowest BCUT2D eigenvalue weighted by molar-refractivity contribution is -0.116. The fourth-order valence-electron chi connectivity index (χ4n) is 4.50. The molecule has 4 aromatic rings. The highest BCUT2D eigenvalue weighted by molar-refractivity contribution is 7.90. The van der Waals surface area contributed by atoms with Gasteiger partial charge in [-0.1, -0.05) is 48.9 Å². The van der Waals surface area contributed by atoms with Crippen molar-refractivity contribution in [2.24, 2.45) is 0 Å². The van der Waals surface area contributed by atoms with Gasteiger partial charge in [-0.2, -0.15) is 17.6 Å². The number of hydrogen-bond acceptors (Lipinski definition) is 5. The van der Waals surface area contributed by atoms with Gasteiger partial charge in [-0.05, 0) is 49.5 Å². The number of benzene rings is 3. The molecule has 0 atom stereocenters. The Morgan fingerprint density at radius 2 is 1.67 bits per heavy atom. The molecule has 1 fully saturated rings. The van der Waals surface area contributed by atoms with Crippen molar-refractivity contribution >= 4 is 43.3 Å². The van der Waals surface area contributed by atoms with Gasteiger partial charge in [0.15, 0.2) is 0 Å². The number of nitrogens with zero attached hydrogens (tertiary/aromatic N) is 3. The maximum absolute atomic E-state index is 13.5. The molecular formula is C25H26N4O3S. The lowest BCUT2D eigenvalue weighted by atomic mass is 10.1. The number of aromatic nitrogens is 2. The minimum Gasteiger partial charge on any atom is -0.325 e. The van der Waals surface area contributed by atoms with Gasteiger partial charge in [0.25, 0.3) is 10.0 Å². The van der Waals surface area contributed by atoms with Crippen LogP contribution < -0.4 is 5.32 Å². The predicted molar refractivity (Wildman–Crippen MR) is 130 cm³/mol. The molecular weight excluding hydrogens is 436 g/mol. The Morgan fingerprint density at radius 1 is 0.909 bits per heavy atom. The van der Waals surface area contributed by atoms with E-state index in [4.69, 9.17) is 0 Å². The fourth-order valence-corrected chi connectivity index (χ4v) is 5.99. The summed E-state index contributed by atoms with van der Waals surface area (Å²) in [5.41, 5.74) is 0.993. The first-order valence-electron chi connectivity index (χ1n) is 11.3. The molecule has 170 valence electrons. The van der Waals surface area contributed by atoms with Crippen molar-refractivity contribution in [1.29, 1.82) is 0 Å². The molecule has 1 amide bonds. The maximum atomic E-state index is 13.5. The van der Waals surface area contributed by atoms with Gasteiger partial charge in [-0.25, -0.2) is 0 Å². The van der Waals surface area contributed by atoms with Crippen molar-refractivity contribution in [3.63, 3.8) is 0 Å². The number of carbonyl (C=O) groups excluding carboxylic acids is 1. The molecule has 0 bridgehead atoms. The number of rotatable bonds is 6. The molecule has 1 N–H and O–H groups in total. The number of nitrogens with one attached hydrogen (secondary N) is 1. The van der Waals surface area contributed by atoms with Crippen LogP contribution in [-0.4, -0.2) is 48.0 Å². The second kappa shape index (κ2) is 8.96. The van der Waals surface area contributed by atoms with Crippen LogP contribution in [0.5, 0.6) is 0 Å². The van der Waals surface area contributed by atoms with Crippen molar-refractivity contribution in [2.75, 3.05) is 25.0 Å². The summed E-state index contributed by atoms with van der Waals surface area (Å²) >= 11 is 0. The Labute approximate surface area is 193 Å². The molecule has 1 saturated heterocycles. The van der Waals surface area contributed by atoms with E-state index in [9.17, 15) is 13.2 Å². The monoisotopic (exact) mass is 462 g/mol. The van der Waals surface area contributed by atoms with E-state index in [2.05, 4.69) is 15.3 Å². The number of hydrogen-bond donors (Lipinski definition) is 1. The van der Waals surface area contributed by atoms with Crippen molar-refractivity contribution < 1.29 is 13.2 Å². The molecule has 0 radical (unpaired) electrons. The van der Waals surface area contributed by atoms with E-state index < -0.39 is 10.0 Å². The third-order valence-electron chi connectivity index (χ3n) is 6.21. The largest absolute Gasteiger partial charge is 0.325 e. The molecule has 5 rings (SSSR count). The third-order valence-corrected chi connectivity index (χ3v) is 7.87. The first-order valence-corrected chi connectivity index (χ1v) is 12.7. The highest BCUT2D eigenvalue weighted by atomic mass is 32.2. The summed E-state index contributed by atoms with van der Waals surface area (Å²) in [5, 5.41) is 9.23. The van der Waals surface area contributed by atoms with Gasteiger partial charge < -0.3 is 10.2 Å². The molecule has 1 aliphatic rings. The normalized spacial score (nSPS) is 15.2. The summed E-state index contributed by atoms with van der Waals surface area (Å²) in [7, 11) is -3.93. The van der Waals surface area contributed by atoms with E-state index in [1.165, 1.54) is 25.5 Å². The predicted octanol–water partition coefficient (Wildman–Crippen LogP) is 4.24. The highest BCUT2D eigenvalue weighted by Crippen LogP contribution is 2.29. The fraction of sp³-hybridized carbons (Fsp3) is 0.280. The molecule has 0 saturated carbocycles. The Morgan fingerprint density at radius 3 is 2.52 bits per heavy atom. The Kier molecular flexibility index (Phi) is 5.86. The number of piperidine rings is 1. The maximum Gasteiger partial charge on any atom is 0.284 e. The minimum absolute atomic E-state index is 0.0854. The SMILES string of the molecule is O=C(CCN1CCCCC1)Nc1cccc2c1cnn2S(=O)(=O)c1cccc2ccccc12. The van der Waals surface area contributed by atoms with E-state index in [0.717, 1.165) is 29.1 Å². The first-order chi connectivity index (χ1) is 16.0. The zero-order valence-electron chi connectivity index (χ0n) is 18.3. The molecule has 0 unspecified atom stereocenters. The van der Waals surface area contributed by atoms with Gasteiger partial charge in [-0.15, -0.1) is 0 Å². The van der Waals surface area contributed by atoms with Gasteiger partial charge in [0.05, 0.1) is 22.3 Å². The van der Waals surface area contributed by atoms with Crippen LogP contribution in [-0.2, 0) is 14.8 Å². The van der Waals surface area contributed by atoms with Crippen molar-refractivity contribution in [2.45, 2.75) is 30.6 Å². The molecule has 0 spiro atoms. The summed E-state index contributed by atoms with van der Waals surface area (Å²) in [6.07, 6.45) is 5.53. The lowest BCUT2D eigenvalue weighted by Gasteiger charge is -2.25. The van der Waals surface area contributed by atoms with Crippen molar-refractivity contribution in [3.8, 4) is 0 Å². The average molecular weight is 463 g/mol. The Bertz CT molecular complexity index is 1420. The number of carbonyl (C=O) groups is 1. The molecule has 33 heavy (non-hydrogen) atoms. The number of amides is 1. The zero-order chi connectivity index (χ0) is 22.8. The van der Waals surface area contributed by atoms with Gasteiger partial charge in [-0.3, -0.25) is 4.79 Å². The van der Waals surface area contributed by atoms with Crippen LogP contribution >= 0.6 is 0 Å². The molecule has 8 heteroatoms. The molecule has 1 aliphatic heterocycles. The van der Waals surface area contributed by atoms with Gasteiger partial charge in [0, 0.05) is 23.7 Å². The van der Waals surface area contributed by atoms with Crippen LogP contribution in [0.1, 0.15) is 25.7 Å². The zero-order valence-corrected chi connectivity index (χ0v) is 19.1. The second-order valence-corrected chi connectivity index (χ2v) is 10.1. The van der Waals surface area contributed by atoms with Crippen molar-refractivity contribution in [1.82, 2.24) is 14.1 Å². The van der Waals surface area contributed by atoms with E-state index in [-0.39, 0.29) is 10.8 Å². The summed E-state index contributed by atoms with van der Waals surface area (Å²) in [6, 6.07) is 17.8. The van der Waals surface area contributed by atoms with Crippen LogP contribution in [0.3, 0.4) is 0 Å². The average Bonchev–Trinajstić information content (AvgIpc) is 3.29. The number of anilines is 1. The smallest absolute Gasteiger partial charge is 0.284 e. The molecule has 7 nitrogen and oxygen atoms in total. The van der Waals surface area contributed by atoms with E-state index in [1.807, 2.05) is 24.3 Å². The van der Waals surface area contributed by atoms with Gasteiger partial charge in [0.1, 0.15) is 0 Å². The molecule has 0 aliphatic carbocycles. The van der Waals surface area contributed by atoms with Gasteiger partial charge >= 0.3 is 0 Å². The lowest BCUT2D eigenvalue weighted by Crippen LogP contribution is -2.32. The topological polar surface area (TPSA) is 84.3 Å². The first kappa shape index (κ1) is 21.6. The highest BCUT2D eigenvalue weighted by Gasteiger charge is 2.23. The summed E-state index contributed by atoms with van der Waals surface area (Å²) in [4.78, 5) is 15.1. The summed E-state index contributed by atoms with van der Waals surface area (Å²) < 4.78 is 28.1.